The van der Waals surface area contributed by atoms with Crippen molar-refractivity contribution in [2.75, 3.05) is 0 Å². The van der Waals surface area contributed by atoms with Gasteiger partial charge in [0.05, 0.1) is 17.3 Å². The van der Waals surface area contributed by atoms with Crippen LogP contribution < -0.4 is 0 Å². The molecule has 1 aromatic heterocycles. The van der Waals surface area contributed by atoms with Gasteiger partial charge in [0.2, 0.25) is 0 Å². The maximum atomic E-state index is 9.61. The van der Waals surface area contributed by atoms with Crippen molar-refractivity contribution in [2.45, 2.75) is 31.6 Å². The van der Waals surface area contributed by atoms with Crippen molar-refractivity contribution in [1.82, 2.24) is 4.98 Å². The fourth-order valence-electron chi connectivity index (χ4n) is 4.48. The molecule has 0 amide bonds. The SMILES string of the molecule is N#Cc1cc(-c2nccc3cc(C4CCCC4)ccc23)cc2ccccc12. The lowest BCUT2D eigenvalue weighted by Gasteiger charge is -2.13. The lowest BCUT2D eigenvalue weighted by molar-refractivity contribution is 0.724. The monoisotopic (exact) mass is 348 g/mol. The van der Waals surface area contributed by atoms with Gasteiger partial charge in [0, 0.05) is 17.1 Å². The van der Waals surface area contributed by atoms with Gasteiger partial charge in [-0.15, -0.1) is 0 Å². The Morgan fingerprint density at radius 3 is 2.52 bits per heavy atom. The number of fused-ring (bicyclic) bond motifs is 2. The Morgan fingerprint density at radius 2 is 1.67 bits per heavy atom. The molecule has 0 aliphatic heterocycles. The van der Waals surface area contributed by atoms with Crippen LogP contribution in [0, 0.1) is 11.3 Å². The lowest BCUT2D eigenvalue weighted by Crippen LogP contribution is -1.93. The molecule has 130 valence electrons. The van der Waals surface area contributed by atoms with E-state index in [1.807, 2.05) is 30.5 Å². The lowest BCUT2D eigenvalue weighted by atomic mass is 9.93. The smallest absolute Gasteiger partial charge is 0.0998 e. The molecule has 5 rings (SSSR count). The molecule has 0 N–H and O–H groups in total. The summed E-state index contributed by atoms with van der Waals surface area (Å²) in [5.74, 6) is 0.705. The van der Waals surface area contributed by atoms with Crippen LogP contribution in [0.3, 0.4) is 0 Å². The van der Waals surface area contributed by atoms with E-state index >= 15 is 0 Å². The third-order valence-corrected chi connectivity index (χ3v) is 5.87. The average Bonchev–Trinajstić information content (AvgIpc) is 3.27. The second-order valence-electron chi connectivity index (χ2n) is 7.48. The number of hydrogen-bond donors (Lipinski definition) is 0. The fourth-order valence-corrected chi connectivity index (χ4v) is 4.48. The van der Waals surface area contributed by atoms with Crippen molar-refractivity contribution in [2.24, 2.45) is 0 Å². The first-order chi connectivity index (χ1) is 13.3. The summed E-state index contributed by atoms with van der Waals surface area (Å²) in [6.45, 7) is 0. The van der Waals surface area contributed by atoms with E-state index in [2.05, 4.69) is 47.5 Å². The molecular formula is C25H20N2. The Bertz CT molecular complexity index is 1190. The summed E-state index contributed by atoms with van der Waals surface area (Å²) >= 11 is 0. The summed E-state index contributed by atoms with van der Waals surface area (Å²) in [4.78, 5) is 4.68. The molecule has 0 atom stereocenters. The Morgan fingerprint density at radius 1 is 0.852 bits per heavy atom. The first-order valence-corrected chi connectivity index (χ1v) is 9.65. The molecule has 1 heterocycles. The predicted molar refractivity (Wildman–Crippen MR) is 111 cm³/mol. The highest BCUT2D eigenvalue weighted by atomic mass is 14.7. The summed E-state index contributed by atoms with van der Waals surface area (Å²) in [6.07, 6.45) is 7.19. The molecule has 4 aromatic rings. The van der Waals surface area contributed by atoms with E-state index in [-0.39, 0.29) is 0 Å². The predicted octanol–water partition coefficient (Wildman–Crippen LogP) is 6.58. The Labute approximate surface area is 159 Å². The molecule has 0 bridgehead atoms. The molecule has 1 fully saturated rings. The van der Waals surface area contributed by atoms with Crippen LogP contribution in [0.2, 0.25) is 0 Å². The fraction of sp³-hybridized carbons (Fsp3) is 0.200. The van der Waals surface area contributed by atoms with Gasteiger partial charge in [-0.05, 0) is 58.7 Å². The van der Waals surface area contributed by atoms with E-state index in [4.69, 9.17) is 0 Å². The number of aromatic nitrogens is 1. The van der Waals surface area contributed by atoms with Crippen LogP contribution in [0.5, 0.6) is 0 Å². The average molecular weight is 348 g/mol. The summed E-state index contributed by atoms with van der Waals surface area (Å²) in [5, 5.41) is 14.1. The Hall–Kier alpha value is -3.18. The van der Waals surface area contributed by atoms with Crippen molar-refractivity contribution >= 4 is 21.5 Å². The van der Waals surface area contributed by atoms with Crippen molar-refractivity contribution in [1.29, 1.82) is 5.26 Å². The van der Waals surface area contributed by atoms with Gasteiger partial charge in [-0.1, -0.05) is 55.3 Å². The summed E-state index contributed by atoms with van der Waals surface area (Å²) in [5.41, 5.74) is 4.11. The largest absolute Gasteiger partial charge is 0.256 e. The number of nitrogens with zero attached hydrogens (tertiary/aromatic N) is 2. The highest BCUT2D eigenvalue weighted by Gasteiger charge is 2.18. The quantitative estimate of drug-likeness (QED) is 0.410. The molecule has 27 heavy (non-hydrogen) atoms. The molecule has 3 aromatic carbocycles. The molecule has 1 aliphatic carbocycles. The van der Waals surface area contributed by atoms with Crippen molar-refractivity contribution < 1.29 is 0 Å². The minimum Gasteiger partial charge on any atom is -0.256 e. The second-order valence-corrected chi connectivity index (χ2v) is 7.48. The molecule has 0 unspecified atom stereocenters. The van der Waals surface area contributed by atoms with Gasteiger partial charge in [-0.2, -0.15) is 5.26 Å². The van der Waals surface area contributed by atoms with Crippen LogP contribution in [0.25, 0.3) is 32.8 Å². The number of rotatable bonds is 2. The van der Waals surface area contributed by atoms with Crippen LogP contribution in [0.1, 0.15) is 42.7 Å². The maximum Gasteiger partial charge on any atom is 0.0998 e. The second kappa shape index (κ2) is 6.52. The molecule has 2 heteroatoms. The first-order valence-electron chi connectivity index (χ1n) is 9.65. The van der Waals surface area contributed by atoms with Crippen molar-refractivity contribution in [3.8, 4) is 17.3 Å². The van der Waals surface area contributed by atoms with Gasteiger partial charge in [0.1, 0.15) is 0 Å². The Kier molecular flexibility index (Phi) is 3.87. The zero-order valence-electron chi connectivity index (χ0n) is 15.2. The summed E-state index contributed by atoms with van der Waals surface area (Å²) in [6, 6.07) is 23.4. The van der Waals surface area contributed by atoms with Gasteiger partial charge in [-0.25, -0.2) is 0 Å². The maximum absolute atomic E-state index is 9.61. The molecule has 1 saturated carbocycles. The van der Waals surface area contributed by atoms with Gasteiger partial charge in [0.25, 0.3) is 0 Å². The zero-order valence-corrected chi connectivity index (χ0v) is 15.2. The number of nitriles is 1. The van der Waals surface area contributed by atoms with E-state index in [0.717, 1.165) is 27.4 Å². The third kappa shape index (κ3) is 2.76. The minimum absolute atomic E-state index is 0.699. The highest BCUT2D eigenvalue weighted by molar-refractivity contribution is 5.99. The third-order valence-electron chi connectivity index (χ3n) is 5.87. The van der Waals surface area contributed by atoms with E-state index in [0.29, 0.717) is 11.5 Å². The molecule has 0 radical (unpaired) electrons. The molecule has 2 nitrogen and oxygen atoms in total. The van der Waals surface area contributed by atoms with Gasteiger partial charge >= 0.3 is 0 Å². The molecule has 0 spiro atoms. The highest BCUT2D eigenvalue weighted by Crippen LogP contribution is 2.37. The molecule has 0 saturated heterocycles. The van der Waals surface area contributed by atoms with Crippen LogP contribution in [-0.2, 0) is 0 Å². The summed E-state index contributed by atoms with van der Waals surface area (Å²) < 4.78 is 0. The van der Waals surface area contributed by atoms with E-state index in [1.165, 1.54) is 36.6 Å². The number of pyridine rings is 1. The number of hydrogen-bond acceptors (Lipinski definition) is 2. The van der Waals surface area contributed by atoms with Crippen LogP contribution in [-0.4, -0.2) is 4.98 Å². The van der Waals surface area contributed by atoms with E-state index < -0.39 is 0 Å². The van der Waals surface area contributed by atoms with Crippen LogP contribution >= 0.6 is 0 Å². The number of benzene rings is 3. The summed E-state index contributed by atoms with van der Waals surface area (Å²) in [7, 11) is 0. The molecule has 1 aliphatic rings. The molecular weight excluding hydrogens is 328 g/mol. The zero-order chi connectivity index (χ0) is 18.2. The van der Waals surface area contributed by atoms with Gasteiger partial charge in [0.15, 0.2) is 0 Å². The van der Waals surface area contributed by atoms with Gasteiger partial charge < -0.3 is 0 Å². The van der Waals surface area contributed by atoms with Crippen LogP contribution in [0.4, 0.5) is 0 Å². The standard InChI is InChI=1S/C25H20N2/c26-16-22-15-21(14-19-7-3-4-8-23(19)22)25-24-10-9-18(17-5-1-2-6-17)13-20(24)11-12-27-25/h3-4,7-15,17H,1-2,5-6H2. The minimum atomic E-state index is 0.699. The van der Waals surface area contributed by atoms with Crippen molar-refractivity contribution in [3.05, 3.63) is 78.0 Å². The van der Waals surface area contributed by atoms with Gasteiger partial charge in [-0.3, -0.25) is 4.98 Å². The van der Waals surface area contributed by atoms with Crippen molar-refractivity contribution in [3.63, 3.8) is 0 Å². The van der Waals surface area contributed by atoms with E-state index in [1.54, 1.807) is 0 Å². The van der Waals surface area contributed by atoms with Crippen LogP contribution in [0.15, 0.2) is 66.9 Å². The first kappa shape index (κ1) is 16.0. The van der Waals surface area contributed by atoms with E-state index in [9.17, 15) is 5.26 Å². The topological polar surface area (TPSA) is 36.7 Å². The normalized spacial score (nSPS) is 14.6. The Balaban J connectivity index is 1.69.